The summed E-state index contributed by atoms with van der Waals surface area (Å²) in [6.45, 7) is 1.81. The van der Waals surface area contributed by atoms with Gasteiger partial charge in [0.1, 0.15) is 6.04 Å². The van der Waals surface area contributed by atoms with Crippen LogP contribution in [0.15, 0.2) is 18.2 Å². The molecule has 0 aliphatic carbocycles. The minimum atomic E-state index is -1.13. The summed E-state index contributed by atoms with van der Waals surface area (Å²) in [7, 11) is 0. The lowest BCUT2D eigenvalue weighted by atomic mass is 9.97. The van der Waals surface area contributed by atoms with Crippen molar-refractivity contribution in [2.45, 2.75) is 19.0 Å². The van der Waals surface area contributed by atoms with Crippen molar-refractivity contribution in [3.63, 3.8) is 0 Å². The number of carbonyl (C=O) groups excluding carboxylic acids is 1. The molecule has 0 radical (unpaired) electrons. The fourth-order valence-electron chi connectivity index (χ4n) is 1.98. The molecular weight excluding hydrogens is 208 g/mol. The first-order chi connectivity index (χ1) is 7.52. The molecule has 0 bridgehead atoms. The number of hydrogen-bond donors (Lipinski definition) is 3. The fraction of sp³-hybridized carbons (Fsp3) is 0.273. The maximum Gasteiger partial charge on any atom is 0.322 e. The van der Waals surface area contributed by atoms with E-state index in [-0.39, 0.29) is 5.91 Å². The van der Waals surface area contributed by atoms with Gasteiger partial charge in [0.05, 0.1) is 6.04 Å². The molecule has 0 spiro atoms. The highest BCUT2D eigenvalue weighted by molar-refractivity contribution is 6.01. The van der Waals surface area contributed by atoms with Gasteiger partial charge in [-0.15, -0.1) is 0 Å². The molecular formula is C11H12N2O3. The molecule has 4 N–H and O–H groups in total. The normalized spacial score (nSPS) is 20.1. The van der Waals surface area contributed by atoms with E-state index < -0.39 is 18.1 Å². The second-order valence-corrected chi connectivity index (χ2v) is 3.85. The van der Waals surface area contributed by atoms with E-state index in [1.807, 2.05) is 13.0 Å². The Bertz CT molecular complexity index is 470. The van der Waals surface area contributed by atoms with E-state index in [2.05, 4.69) is 5.32 Å². The first-order valence-corrected chi connectivity index (χ1v) is 4.91. The molecule has 1 aromatic rings. The SMILES string of the molecule is Cc1cccc2c1C(=O)N[C@@H]2[C@H](N)C(=O)O. The summed E-state index contributed by atoms with van der Waals surface area (Å²) >= 11 is 0. The first-order valence-electron chi connectivity index (χ1n) is 4.91. The second-order valence-electron chi connectivity index (χ2n) is 3.85. The molecule has 1 aromatic carbocycles. The van der Waals surface area contributed by atoms with Crippen LogP contribution in [0.3, 0.4) is 0 Å². The number of rotatable bonds is 2. The number of carbonyl (C=O) groups is 2. The monoisotopic (exact) mass is 220 g/mol. The molecule has 1 heterocycles. The Kier molecular flexibility index (Phi) is 2.40. The number of nitrogens with two attached hydrogens (primary N) is 1. The van der Waals surface area contributed by atoms with Gasteiger partial charge in [-0.3, -0.25) is 9.59 Å². The van der Waals surface area contributed by atoms with E-state index in [0.717, 1.165) is 5.56 Å². The van der Waals surface area contributed by atoms with E-state index in [1.165, 1.54) is 0 Å². The Hall–Kier alpha value is -1.88. The average molecular weight is 220 g/mol. The third-order valence-corrected chi connectivity index (χ3v) is 2.80. The maximum absolute atomic E-state index is 11.7. The van der Waals surface area contributed by atoms with Crippen LogP contribution in [0.2, 0.25) is 0 Å². The second kappa shape index (κ2) is 3.61. The highest BCUT2D eigenvalue weighted by Gasteiger charge is 2.36. The highest BCUT2D eigenvalue weighted by atomic mass is 16.4. The van der Waals surface area contributed by atoms with Crippen molar-refractivity contribution in [2.24, 2.45) is 5.73 Å². The number of carboxylic acid groups (broad SMARTS) is 1. The first kappa shape index (κ1) is 10.6. The Balaban J connectivity index is 2.48. The van der Waals surface area contributed by atoms with Gasteiger partial charge in [0.25, 0.3) is 5.91 Å². The number of aryl methyl sites for hydroxylation is 1. The van der Waals surface area contributed by atoms with Crippen LogP contribution in [0.4, 0.5) is 0 Å². The smallest absolute Gasteiger partial charge is 0.322 e. The molecule has 5 nitrogen and oxygen atoms in total. The van der Waals surface area contributed by atoms with Crippen molar-refractivity contribution in [3.05, 3.63) is 34.9 Å². The summed E-state index contributed by atoms with van der Waals surface area (Å²) in [5.74, 6) is -1.38. The van der Waals surface area contributed by atoms with Gasteiger partial charge < -0.3 is 16.2 Å². The summed E-state index contributed by atoms with van der Waals surface area (Å²) in [4.78, 5) is 22.5. The molecule has 0 aromatic heterocycles. The molecule has 5 heteroatoms. The van der Waals surface area contributed by atoms with Gasteiger partial charge >= 0.3 is 5.97 Å². The van der Waals surface area contributed by atoms with Crippen LogP contribution >= 0.6 is 0 Å². The quantitative estimate of drug-likeness (QED) is 0.663. The summed E-state index contributed by atoms with van der Waals surface area (Å²) in [5.41, 5.74) is 7.58. The van der Waals surface area contributed by atoms with Gasteiger partial charge in [-0.05, 0) is 18.1 Å². The van der Waals surface area contributed by atoms with Crippen molar-refractivity contribution in [3.8, 4) is 0 Å². The van der Waals surface area contributed by atoms with E-state index in [4.69, 9.17) is 10.8 Å². The van der Waals surface area contributed by atoms with Gasteiger partial charge in [0, 0.05) is 5.56 Å². The van der Waals surface area contributed by atoms with Crippen molar-refractivity contribution < 1.29 is 14.7 Å². The van der Waals surface area contributed by atoms with E-state index in [9.17, 15) is 9.59 Å². The van der Waals surface area contributed by atoms with Gasteiger partial charge in [0.15, 0.2) is 0 Å². The molecule has 2 rings (SSSR count). The number of hydrogen-bond acceptors (Lipinski definition) is 3. The molecule has 16 heavy (non-hydrogen) atoms. The predicted octanol–water partition coefficient (Wildman–Crippen LogP) is 0.191. The number of carboxylic acids is 1. The van der Waals surface area contributed by atoms with Crippen LogP contribution in [-0.4, -0.2) is 23.0 Å². The van der Waals surface area contributed by atoms with Crippen molar-refractivity contribution in [1.82, 2.24) is 5.32 Å². The fourth-order valence-corrected chi connectivity index (χ4v) is 1.98. The van der Waals surface area contributed by atoms with Gasteiger partial charge in [-0.25, -0.2) is 0 Å². The number of fused-ring (bicyclic) bond motifs is 1. The lowest BCUT2D eigenvalue weighted by molar-refractivity contribution is -0.139. The molecule has 0 saturated heterocycles. The van der Waals surface area contributed by atoms with E-state index in [0.29, 0.717) is 11.1 Å². The minimum Gasteiger partial charge on any atom is -0.480 e. The topological polar surface area (TPSA) is 92.4 Å². The highest BCUT2D eigenvalue weighted by Crippen LogP contribution is 2.29. The van der Waals surface area contributed by atoms with Crippen LogP contribution in [0.1, 0.15) is 27.5 Å². The third-order valence-electron chi connectivity index (χ3n) is 2.80. The summed E-state index contributed by atoms with van der Waals surface area (Å²) in [6.07, 6.45) is 0. The molecule has 0 fully saturated rings. The van der Waals surface area contributed by atoms with E-state index in [1.54, 1.807) is 12.1 Å². The average Bonchev–Trinajstić information content (AvgIpc) is 2.56. The standard InChI is InChI=1S/C11H12N2O3/c1-5-3-2-4-6-7(5)10(14)13-9(6)8(12)11(15)16/h2-4,8-9H,12H2,1H3,(H,13,14)(H,15,16)/t8-,9-/m0/s1. The molecule has 1 aliphatic heterocycles. The van der Waals surface area contributed by atoms with Gasteiger partial charge in [-0.1, -0.05) is 18.2 Å². The summed E-state index contributed by atoms with van der Waals surface area (Å²) in [5, 5.41) is 11.4. The maximum atomic E-state index is 11.7. The summed E-state index contributed by atoms with van der Waals surface area (Å²) < 4.78 is 0. The van der Waals surface area contributed by atoms with Crippen LogP contribution in [-0.2, 0) is 4.79 Å². The third kappa shape index (κ3) is 1.45. The molecule has 84 valence electrons. The van der Waals surface area contributed by atoms with Gasteiger partial charge in [-0.2, -0.15) is 0 Å². The summed E-state index contributed by atoms with van der Waals surface area (Å²) in [6, 6.07) is 3.57. The molecule has 0 saturated carbocycles. The zero-order chi connectivity index (χ0) is 11.9. The van der Waals surface area contributed by atoms with Crippen molar-refractivity contribution >= 4 is 11.9 Å². The van der Waals surface area contributed by atoms with Gasteiger partial charge in [0.2, 0.25) is 0 Å². The number of nitrogens with one attached hydrogen (secondary N) is 1. The Morgan fingerprint density at radius 3 is 2.88 bits per heavy atom. The van der Waals surface area contributed by atoms with Crippen LogP contribution in [0, 0.1) is 6.92 Å². The number of amides is 1. The minimum absolute atomic E-state index is 0.255. The van der Waals surface area contributed by atoms with Crippen LogP contribution in [0.25, 0.3) is 0 Å². The molecule has 0 unspecified atom stereocenters. The number of aliphatic carboxylic acids is 1. The van der Waals surface area contributed by atoms with Crippen molar-refractivity contribution in [1.29, 1.82) is 0 Å². The Morgan fingerprint density at radius 1 is 1.56 bits per heavy atom. The predicted molar refractivity (Wildman–Crippen MR) is 57.0 cm³/mol. The number of benzene rings is 1. The Morgan fingerprint density at radius 2 is 2.25 bits per heavy atom. The van der Waals surface area contributed by atoms with Crippen LogP contribution in [0.5, 0.6) is 0 Å². The van der Waals surface area contributed by atoms with Crippen molar-refractivity contribution in [2.75, 3.05) is 0 Å². The Labute approximate surface area is 92.3 Å². The molecule has 1 amide bonds. The lowest BCUT2D eigenvalue weighted by Crippen LogP contribution is -2.41. The zero-order valence-corrected chi connectivity index (χ0v) is 8.73. The lowest BCUT2D eigenvalue weighted by Gasteiger charge is -2.15. The van der Waals surface area contributed by atoms with Crippen LogP contribution < -0.4 is 11.1 Å². The molecule has 1 aliphatic rings. The largest absolute Gasteiger partial charge is 0.480 e. The molecule has 2 atom stereocenters. The van der Waals surface area contributed by atoms with E-state index >= 15 is 0 Å². The zero-order valence-electron chi connectivity index (χ0n) is 8.73.